The van der Waals surface area contributed by atoms with Crippen molar-refractivity contribution in [2.75, 3.05) is 39.4 Å². The number of carbonyl (C=O) groups is 2. The van der Waals surface area contributed by atoms with Crippen LogP contribution in [0.4, 0.5) is 0 Å². The predicted octanol–water partition coefficient (Wildman–Crippen LogP) is 1.83. The van der Waals surface area contributed by atoms with Crippen LogP contribution in [0.3, 0.4) is 0 Å². The lowest BCUT2D eigenvalue weighted by Gasteiger charge is -2.41. The number of amides is 2. The van der Waals surface area contributed by atoms with Crippen LogP contribution in [-0.2, 0) is 9.53 Å². The molecule has 2 aliphatic rings. The van der Waals surface area contributed by atoms with Crippen LogP contribution >= 0.6 is 0 Å². The van der Waals surface area contributed by atoms with Crippen LogP contribution in [0.1, 0.15) is 48.4 Å². The fourth-order valence-corrected chi connectivity index (χ4v) is 4.37. The third-order valence-electron chi connectivity index (χ3n) is 6.31. The minimum atomic E-state index is -0.0994. The molecule has 0 bridgehead atoms. The van der Waals surface area contributed by atoms with Gasteiger partial charge in [0.25, 0.3) is 5.91 Å². The van der Waals surface area contributed by atoms with Crippen molar-refractivity contribution in [1.29, 1.82) is 0 Å². The van der Waals surface area contributed by atoms with E-state index in [2.05, 4.69) is 9.97 Å². The van der Waals surface area contributed by atoms with E-state index in [9.17, 15) is 9.59 Å². The summed E-state index contributed by atoms with van der Waals surface area (Å²) in [6, 6.07) is 0. The summed E-state index contributed by atoms with van der Waals surface area (Å²) < 4.78 is 5.64. The zero-order valence-corrected chi connectivity index (χ0v) is 16.8. The van der Waals surface area contributed by atoms with Crippen LogP contribution in [-0.4, -0.2) is 71.0 Å². The van der Waals surface area contributed by atoms with Gasteiger partial charge in [-0.3, -0.25) is 9.59 Å². The topological polar surface area (TPSA) is 75.6 Å². The minimum absolute atomic E-state index is 0.0362. The summed E-state index contributed by atoms with van der Waals surface area (Å²) in [5.74, 6) is 0.0663. The number of rotatable bonds is 5. The second kappa shape index (κ2) is 7.92. The number of aromatic nitrogens is 2. The Morgan fingerprint density at radius 3 is 2.59 bits per heavy atom. The van der Waals surface area contributed by atoms with Crippen molar-refractivity contribution < 1.29 is 14.3 Å². The number of piperidine rings is 1. The number of hydrogen-bond acceptors (Lipinski definition) is 5. The third kappa shape index (κ3) is 3.57. The first-order valence-corrected chi connectivity index (χ1v) is 9.87. The molecule has 1 spiro atoms. The summed E-state index contributed by atoms with van der Waals surface area (Å²) in [7, 11) is 0. The van der Waals surface area contributed by atoms with Gasteiger partial charge in [-0.05, 0) is 40.5 Å². The zero-order valence-electron chi connectivity index (χ0n) is 16.8. The van der Waals surface area contributed by atoms with Gasteiger partial charge in [0.2, 0.25) is 5.91 Å². The Morgan fingerprint density at radius 1 is 1.26 bits per heavy atom. The van der Waals surface area contributed by atoms with Crippen molar-refractivity contribution in [1.82, 2.24) is 19.8 Å². The van der Waals surface area contributed by atoms with Crippen LogP contribution in [0.5, 0.6) is 0 Å². The Bertz CT molecular complexity index is 713. The number of aryl methyl sites for hydroxylation is 1. The summed E-state index contributed by atoms with van der Waals surface area (Å²) in [5.41, 5.74) is 2.07. The molecule has 0 aliphatic carbocycles. The van der Waals surface area contributed by atoms with Crippen molar-refractivity contribution in [3.05, 3.63) is 23.3 Å². The van der Waals surface area contributed by atoms with Crippen LogP contribution in [0.2, 0.25) is 0 Å². The summed E-state index contributed by atoms with van der Waals surface area (Å²) in [4.78, 5) is 37.9. The van der Waals surface area contributed by atoms with Gasteiger partial charge >= 0.3 is 0 Å². The molecule has 2 fully saturated rings. The minimum Gasteiger partial charge on any atom is -0.381 e. The van der Waals surface area contributed by atoms with E-state index in [0.717, 1.165) is 37.2 Å². The van der Waals surface area contributed by atoms with E-state index < -0.39 is 0 Å². The number of hydrogen-bond donors (Lipinski definition) is 0. The van der Waals surface area contributed by atoms with Crippen LogP contribution in [0.15, 0.2) is 6.33 Å². The quantitative estimate of drug-likeness (QED) is 0.786. The molecular formula is C20H30N4O3. The molecule has 0 N–H and O–H groups in total. The van der Waals surface area contributed by atoms with Crippen LogP contribution in [0, 0.1) is 25.2 Å². The summed E-state index contributed by atoms with van der Waals surface area (Å²) in [5, 5.41) is 0. The Hall–Kier alpha value is -2.02. The van der Waals surface area contributed by atoms with Gasteiger partial charge in [0.05, 0.1) is 12.5 Å². The molecule has 2 aliphatic heterocycles. The highest BCUT2D eigenvalue weighted by Gasteiger charge is 2.53. The van der Waals surface area contributed by atoms with Crippen molar-refractivity contribution in [3.63, 3.8) is 0 Å². The van der Waals surface area contributed by atoms with Crippen molar-refractivity contribution >= 4 is 11.8 Å². The molecule has 1 unspecified atom stereocenters. The molecule has 7 nitrogen and oxygen atoms in total. The molecule has 2 amide bonds. The van der Waals surface area contributed by atoms with Gasteiger partial charge in [0, 0.05) is 49.5 Å². The first-order chi connectivity index (χ1) is 12.9. The highest BCUT2D eigenvalue weighted by molar-refractivity contribution is 5.94. The first kappa shape index (κ1) is 19.7. The Morgan fingerprint density at radius 2 is 1.96 bits per heavy atom. The van der Waals surface area contributed by atoms with Crippen molar-refractivity contribution in [2.24, 2.45) is 11.3 Å². The second-order valence-corrected chi connectivity index (χ2v) is 7.65. The smallest absolute Gasteiger partial charge is 0.272 e. The zero-order chi connectivity index (χ0) is 19.6. The first-order valence-electron chi connectivity index (χ1n) is 9.87. The van der Waals surface area contributed by atoms with Crippen LogP contribution in [0.25, 0.3) is 0 Å². The average molecular weight is 374 g/mol. The van der Waals surface area contributed by atoms with E-state index in [-0.39, 0.29) is 23.1 Å². The molecule has 7 heteroatoms. The lowest BCUT2D eigenvalue weighted by molar-refractivity contribution is -0.133. The van der Waals surface area contributed by atoms with Gasteiger partial charge in [0.15, 0.2) is 0 Å². The molecule has 2 saturated heterocycles. The molecule has 1 aromatic heterocycles. The third-order valence-corrected chi connectivity index (χ3v) is 6.31. The Kier molecular flexibility index (Phi) is 5.79. The summed E-state index contributed by atoms with van der Waals surface area (Å²) >= 11 is 0. The molecule has 0 radical (unpaired) electrons. The Labute approximate surface area is 161 Å². The number of carbonyl (C=O) groups excluding carboxylic acids is 2. The highest BCUT2D eigenvalue weighted by atomic mass is 16.5. The summed E-state index contributed by atoms with van der Waals surface area (Å²) in [6.07, 6.45) is 3.09. The van der Waals surface area contributed by atoms with Gasteiger partial charge in [-0.1, -0.05) is 0 Å². The molecule has 1 aromatic rings. The molecule has 1 atom stereocenters. The SMILES string of the molecule is CCOCC1C(=O)N(CC)CC12CCN(C(=O)c1ncnc(C)c1C)CC2. The van der Waals surface area contributed by atoms with Gasteiger partial charge in [-0.25, -0.2) is 9.97 Å². The highest BCUT2D eigenvalue weighted by Crippen LogP contribution is 2.45. The van der Waals surface area contributed by atoms with E-state index >= 15 is 0 Å². The summed E-state index contributed by atoms with van der Waals surface area (Å²) in [6.45, 7) is 11.6. The lowest BCUT2D eigenvalue weighted by atomic mass is 9.71. The maximum absolute atomic E-state index is 12.9. The van der Waals surface area contributed by atoms with Gasteiger partial charge in [0.1, 0.15) is 12.0 Å². The standard InChI is InChI=1S/C20H30N4O3/c1-5-23-12-20(16(18(23)25)11-27-6-2)7-9-24(10-8-20)19(26)17-14(3)15(4)21-13-22-17/h13,16H,5-12H2,1-4H3. The van der Waals surface area contributed by atoms with E-state index in [1.165, 1.54) is 6.33 Å². The number of ether oxygens (including phenoxy) is 1. The number of nitrogens with zero attached hydrogens (tertiary/aromatic N) is 4. The molecule has 27 heavy (non-hydrogen) atoms. The van der Waals surface area contributed by atoms with Crippen molar-refractivity contribution in [2.45, 2.75) is 40.5 Å². The van der Waals surface area contributed by atoms with Gasteiger partial charge in [-0.2, -0.15) is 0 Å². The second-order valence-electron chi connectivity index (χ2n) is 7.65. The van der Waals surface area contributed by atoms with E-state index in [4.69, 9.17) is 4.74 Å². The average Bonchev–Trinajstić information content (AvgIpc) is 2.93. The van der Waals surface area contributed by atoms with Crippen molar-refractivity contribution in [3.8, 4) is 0 Å². The maximum atomic E-state index is 12.9. The van der Waals surface area contributed by atoms with E-state index in [1.54, 1.807) is 0 Å². The Balaban J connectivity index is 1.74. The molecule has 0 saturated carbocycles. The van der Waals surface area contributed by atoms with Crippen LogP contribution < -0.4 is 0 Å². The maximum Gasteiger partial charge on any atom is 0.272 e. The molecule has 3 heterocycles. The van der Waals surface area contributed by atoms with Gasteiger partial charge < -0.3 is 14.5 Å². The fourth-order valence-electron chi connectivity index (χ4n) is 4.37. The number of likely N-dealkylation sites (tertiary alicyclic amines) is 2. The van der Waals surface area contributed by atoms with E-state index in [1.807, 2.05) is 37.5 Å². The molecule has 148 valence electrons. The molecular weight excluding hydrogens is 344 g/mol. The predicted molar refractivity (Wildman–Crippen MR) is 101 cm³/mol. The molecule has 3 rings (SSSR count). The van der Waals surface area contributed by atoms with E-state index in [0.29, 0.717) is 32.0 Å². The fraction of sp³-hybridized carbons (Fsp3) is 0.700. The van der Waals surface area contributed by atoms with Gasteiger partial charge in [-0.15, -0.1) is 0 Å². The molecule has 0 aromatic carbocycles. The lowest BCUT2D eigenvalue weighted by Crippen LogP contribution is -2.47. The monoisotopic (exact) mass is 374 g/mol. The normalized spacial score (nSPS) is 21.9. The largest absolute Gasteiger partial charge is 0.381 e.